The largest absolute Gasteiger partial charge is 0.466 e. The number of hydrogen-bond donors (Lipinski definition) is 1. The predicted octanol–water partition coefficient (Wildman–Crippen LogP) is 2.13. The standard InChI is InChI=1S/C12H22O3/c1-5-12(14)9(10(13)15-6-2)7-8-11(12,3)4/h9,14H,5-8H2,1-4H3/t9-,12+/m1/s1. The van der Waals surface area contributed by atoms with Crippen LogP contribution in [0.3, 0.4) is 0 Å². The lowest BCUT2D eigenvalue weighted by Gasteiger charge is -2.39. The summed E-state index contributed by atoms with van der Waals surface area (Å²) in [5, 5.41) is 10.6. The average Bonchev–Trinajstić information content (AvgIpc) is 2.40. The van der Waals surface area contributed by atoms with Crippen molar-refractivity contribution >= 4 is 5.97 Å². The van der Waals surface area contributed by atoms with Crippen LogP contribution in [-0.4, -0.2) is 23.3 Å². The highest BCUT2D eigenvalue weighted by Crippen LogP contribution is 2.51. The molecule has 0 aliphatic heterocycles. The molecule has 3 heteroatoms. The molecule has 0 bridgehead atoms. The molecular formula is C12H22O3. The van der Waals surface area contributed by atoms with Gasteiger partial charge in [-0.1, -0.05) is 20.8 Å². The van der Waals surface area contributed by atoms with E-state index in [0.29, 0.717) is 13.0 Å². The van der Waals surface area contributed by atoms with Gasteiger partial charge in [0.2, 0.25) is 0 Å². The lowest BCUT2D eigenvalue weighted by Crippen LogP contribution is -2.47. The van der Waals surface area contributed by atoms with Crippen molar-refractivity contribution in [1.82, 2.24) is 0 Å². The molecule has 1 saturated carbocycles. The topological polar surface area (TPSA) is 46.5 Å². The SMILES string of the molecule is CCOC(=O)[C@H]1CCC(C)(C)[C@]1(O)CC. The van der Waals surface area contributed by atoms with E-state index in [2.05, 4.69) is 0 Å². The van der Waals surface area contributed by atoms with Gasteiger partial charge in [0.15, 0.2) is 0 Å². The van der Waals surface area contributed by atoms with E-state index in [1.807, 2.05) is 20.8 Å². The van der Waals surface area contributed by atoms with Gasteiger partial charge in [-0.25, -0.2) is 0 Å². The molecule has 1 fully saturated rings. The summed E-state index contributed by atoms with van der Waals surface area (Å²) in [6.07, 6.45) is 2.21. The molecule has 2 atom stereocenters. The molecule has 0 aromatic heterocycles. The quantitative estimate of drug-likeness (QED) is 0.732. The summed E-state index contributed by atoms with van der Waals surface area (Å²) in [4.78, 5) is 11.7. The molecule has 0 aromatic rings. The van der Waals surface area contributed by atoms with Crippen LogP contribution in [0, 0.1) is 11.3 Å². The molecule has 0 aromatic carbocycles. The molecule has 15 heavy (non-hydrogen) atoms. The van der Waals surface area contributed by atoms with E-state index < -0.39 is 5.60 Å². The summed E-state index contributed by atoms with van der Waals surface area (Å²) in [7, 11) is 0. The second kappa shape index (κ2) is 4.12. The molecule has 3 nitrogen and oxygen atoms in total. The van der Waals surface area contributed by atoms with Crippen LogP contribution in [0.5, 0.6) is 0 Å². The Morgan fingerprint density at radius 1 is 1.47 bits per heavy atom. The Labute approximate surface area is 91.8 Å². The number of carbonyl (C=O) groups is 1. The van der Waals surface area contributed by atoms with E-state index in [4.69, 9.17) is 4.74 Å². The van der Waals surface area contributed by atoms with Crippen molar-refractivity contribution in [2.24, 2.45) is 11.3 Å². The van der Waals surface area contributed by atoms with Crippen LogP contribution in [0.15, 0.2) is 0 Å². The maximum Gasteiger partial charge on any atom is 0.311 e. The fraction of sp³-hybridized carbons (Fsp3) is 0.917. The summed E-state index contributed by atoms with van der Waals surface area (Å²) in [6, 6.07) is 0. The van der Waals surface area contributed by atoms with Crippen molar-refractivity contribution < 1.29 is 14.6 Å². The van der Waals surface area contributed by atoms with Crippen molar-refractivity contribution in [2.45, 2.75) is 52.6 Å². The van der Waals surface area contributed by atoms with Gasteiger partial charge in [-0.2, -0.15) is 0 Å². The van der Waals surface area contributed by atoms with Crippen LogP contribution < -0.4 is 0 Å². The zero-order valence-electron chi connectivity index (χ0n) is 10.2. The minimum atomic E-state index is -0.904. The Bertz CT molecular complexity index is 247. The molecule has 1 rings (SSSR count). The molecule has 88 valence electrons. The van der Waals surface area contributed by atoms with E-state index in [1.54, 1.807) is 6.92 Å². The number of ether oxygens (including phenoxy) is 1. The van der Waals surface area contributed by atoms with Crippen molar-refractivity contribution in [2.75, 3.05) is 6.61 Å². The maximum absolute atomic E-state index is 11.7. The Morgan fingerprint density at radius 2 is 2.07 bits per heavy atom. The van der Waals surface area contributed by atoms with E-state index >= 15 is 0 Å². The van der Waals surface area contributed by atoms with Gasteiger partial charge in [0.25, 0.3) is 0 Å². The Morgan fingerprint density at radius 3 is 2.53 bits per heavy atom. The van der Waals surface area contributed by atoms with E-state index in [-0.39, 0.29) is 17.3 Å². The third-order valence-electron chi connectivity index (χ3n) is 3.92. The summed E-state index contributed by atoms with van der Waals surface area (Å²) >= 11 is 0. The van der Waals surface area contributed by atoms with Crippen LogP contribution >= 0.6 is 0 Å². The van der Waals surface area contributed by atoms with Crippen molar-refractivity contribution in [3.63, 3.8) is 0 Å². The van der Waals surface area contributed by atoms with Crippen LogP contribution in [0.1, 0.15) is 47.0 Å². The van der Waals surface area contributed by atoms with Crippen LogP contribution in [0.2, 0.25) is 0 Å². The van der Waals surface area contributed by atoms with Gasteiger partial charge in [-0.15, -0.1) is 0 Å². The first-order valence-corrected chi connectivity index (χ1v) is 5.78. The molecule has 1 N–H and O–H groups in total. The average molecular weight is 214 g/mol. The third kappa shape index (κ3) is 1.89. The monoisotopic (exact) mass is 214 g/mol. The van der Waals surface area contributed by atoms with Crippen LogP contribution in [-0.2, 0) is 9.53 Å². The Balaban J connectivity index is 2.88. The summed E-state index contributed by atoms with van der Waals surface area (Å²) in [5.74, 6) is -0.593. The third-order valence-corrected chi connectivity index (χ3v) is 3.92. The molecule has 0 saturated heterocycles. The zero-order valence-corrected chi connectivity index (χ0v) is 10.2. The van der Waals surface area contributed by atoms with Crippen LogP contribution in [0.25, 0.3) is 0 Å². The molecule has 0 heterocycles. The molecule has 1 aliphatic rings. The van der Waals surface area contributed by atoms with Gasteiger partial charge in [-0.3, -0.25) is 4.79 Å². The fourth-order valence-corrected chi connectivity index (χ4v) is 2.71. The van der Waals surface area contributed by atoms with Gasteiger partial charge in [0.1, 0.15) is 0 Å². The normalized spacial score (nSPS) is 34.1. The van der Waals surface area contributed by atoms with Gasteiger partial charge in [0.05, 0.1) is 18.1 Å². The lowest BCUT2D eigenvalue weighted by atomic mass is 9.72. The molecule has 0 spiro atoms. The first-order chi connectivity index (χ1) is 6.89. The van der Waals surface area contributed by atoms with Crippen molar-refractivity contribution in [3.05, 3.63) is 0 Å². The minimum absolute atomic E-state index is 0.195. The first kappa shape index (κ1) is 12.5. The molecular weight excluding hydrogens is 192 g/mol. The van der Waals surface area contributed by atoms with Crippen molar-refractivity contribution in [1.29, 1.82) is 0 Å². The lowest BCUT2D eigenvalue weighted by molar-refractivity contribution is -0.162. The van der Waals surface area contributed by atoms with Gasteiger partial charge < -0.3 is 9.84 Å². The summed E-state index contributed by atoms with van der Waals surface area (Å²) in [6.45, 7) is 8.16. The number of hydrogen-bond acceptors (Lipinski definition) is 3. The van der Waals surface area contributed by atoms with Gasteiger partial charge in [-0.05, 0) is 31.6 Å². The minimum Gasteiger partial charge on any atom is -0.466 e. The molecule has 0 amide bonds. The van der Waals surface area contributed by atoms with E-state index in [9.17, 15) is 9.90 Å². The Kier molecular flexibility index (Phi) is 3.44. The van der Waals surface area contributed by atoms with Crippen LogP contribution in [0.4, 0.5) is 0 Å². The number of aliphatic hydroxyl groups is 1. The second-order valence-corrected chi connectivity index (χ2v) is 5.01. The smallest absolute Gasteiger partial charge is 0.311 e. The predicted molar refractivity (Wildman–Crippen MR) is 58.4 cm³/mol. The highest BCUT2D eigenvalue weighted by atomic mass is 16.5. The van der Waals surface area contributed by atoms with E-state index in [1.165, 1.54) is 0 Å². The van der Waals surface area contributed by atoms with Crippen molar-refractivity contribution in [3.8, 4) is 0 Å². The highest BCUT2D eigenvalue weighted by molar-refractivity contribution is 5.74. The van der Waals surface area contributed by atoms with E-state index in [0.717, 1.165) is 12.8 Å². The molecule has 1 aliphatic carbocycles. The maximum atomic E-state index is 11.7. The zero-order chi connectivity index (χ0) is 11.7. The molecule has 0 unspecified atom stereocenters. The second-order valence-electron chi connectivity index (χ2n) is 5.01. The first-order valence-electron chi connectivity index (χ1n) is 5.78. The highest BCUT2D eigenvalue weighted by Gasteiger charge is 2.56. The number of rotatable bonds is 3. The van der Waals surface area contributed by atoms with Gasteiger partial charge >= 0.3 is 5.97 Å². The fourth-order valence-electron chi connectivity index (χ4n) is 2.71. The van der Waals surface area contributed by atoms with Gasteiger partial charge in [0, 0.05) is 0 Å². The molecule has 0 radical (unpaired) electrons. The number of carbonyl (C=O) groups excluding carboxylic acids is 1. The summed E-state index contributed by atoms with van der Waals surface area (Å²) in [5.41, 5.74) is -1.10. The Hall–Kier alpha value is -0.570. The number of esters is 1. The summed E-state index contributed by atoms with van der Waals surface area (Å²) < 4.78 is 5.02.